The number of hydrogen-bond acceptors (Lipinski definition) is 3. The van der Waals surface area contributed by atoms with E-state index in [1.807, 2.05) is 6.92 Å². The topological polar surface area (TPSA) is 48.1 Å². The highest BCUT2D eigenvalue weighted by molar-refractivity contribution is 5.49. The predicted molar refractivity (Wildman–Crippen MR) is 53.6 cm³/mol. The molecule has 0 saturated heterocycles. The highest BCUT2D eigenvalue weighted by atomic mass is 16.5. The second-order valence-corrected chi connectivity index (χ2v) is 3.13. The van der Waals surface area contributed by atoms with Gasteiger partial charge in [-0.2, -0.15) is 0 Å². The summed E-state index contributed by atoms with van der Waals surface area (Å²) < 4.78 is 5.60. The van der Waals surface area contributed by atoms with Gasteiger partial charge in [-0.25, -0.2) is 0 Å². The summed E-state index contributed by atoms with van der Waals surface area (Å²) >= 11 is 0. The Labute approximate surface area is 78.9 Å². The molecule has 0 spiro atoms. The number of pyridine rings is 1. The van der Waals surface area contributed by atoms with Crippen LogP contribution in [0.1, 0.15) is 26.7 Å². The van der Waals surface area contributed by atoms with Gasteiger partial charge in [0.2, 0.25) is 0 Å². The first-order valence-corrected chi connectivity index (χ1v) is 4.60. The average molecular weight is 180 g/mol. The quantitative estimate of drug-likeness (QED) is 0.773. The van der Waals surface area contributed by atoms with Gasteiger partial charge in [-0.1, -0.05) is 13.3 Å². The van der Waals surface area contributed by atoms with Gasteiger partial charge >= 0.3 is 0 Å². The van der Waals surface area contributed by atoms with Crippen LogP contribution in [0.2, 0.25) is 0 Å². The molecule has 1 heterocycles. The Hall–Kier alpha value is -1.25. The Morgan fingerprint density at radius 2 is 2.38 bits per heavy atom. The SMILES string of the molecule is CCCC(C)Oc1cnccc1N. The van der Waals surface area contributed by atoms with E-state index < -0.39 is 0 Å². The van der Waals surface area contributed by atoms with Crippen molar-refractivity contribution >= 4 is 5.69 Å². The monoisotopic (exact) mass is 180 g/mol. The van der Waals surface area contributed by atoms with Crippen LogP contribution >= 0.6 is 0 Å². The molecule has 72 valence electrons. The van der Waals surface area contributed by atoms with Crippen LogP contribution in [0, 0.1) is 0 Å². The zero-order chi connectivity index (χ0) is 9.68. The molecule has 3 heteroatoms. The van der Waals surface area contributed by atoms with Gasteiger partial charge in [-0.05, 0) is 19.4 Å². The van der Waals surface area contributed by atoms with Gasteiger partial charge in [0, 0.05) is 6.20 Å². The van der Waals surface area contributed by atoms with Gasteiger partial charge in [0.05, 0.1) is 18.0 Å². The maximum atomic E-state index is 5.70. The summed E-state index contributed by atoms with van der Waals surface area (Å²) in [7, 11) is 0. The molecule has 0 bridgehead atoms. The van der Waals surface area contributed by atoms with E-state index in [-0.39, 0.29) is 6.10 Å². The summed E-state index contributed by atoms with van der Waals surface area (Å²) in [4.78, 5) is 3.95. The molecule has 0 aliphatic carbocycles. The molecular formula is C10H16N2O. The number of ether oxygens (including phenoxy) is 1. The van der Waals surface area contributed by atoms with Crippen LogP contribution < -0.4 is 10.5 Å². The largest absolute Gasteiger partial charge is 0.487 e. The Bertz CT molecular complexity index is 263. The van der Waals surface area contributed by atoms with Crippen molar-refractivity contribution in [2.45, 2.75) is 32.8 Å². The highest BCUT2D eigenvalue weighted by Crippen LogP contribution is 2.20. The minimum atomic E-state index is 0.205. The Balaban J connectivity index is 2.58. The lowest BCUT2D eigenvalue weighted by molar-refractivity contribution is 0.210. The average Bonchev–Trinajstić information content (AvgIpc) is 2.09. The van der Waals surface area contributed by atoms with Gasteiger partial charge in [0.25, 0.3) is 0 Å². The van der Waals surface area contributed by atoms with Crippen LogP contribution in [0.3, 0.4) is 0 Å². The number of nitrogens with zero attached hydrogens (tertiary/aromatic N) is 1. The highest BCUT2D eigenvalue weighted by Gasteiger charge is 2.04. The normalized spacial score (nSPS) is 12.5. The van der Waals surface area contributed by atoms with Crippen LogP contribution in [0.5, 0.6) is 5.75 Å². The molecule has 1 aromatic rings. The number of rotatable bonds is 4. The van der Waals surface area contributed by atoms with Gasteiger partial charge < -0.3 is 10.5 Å². The second kappa shape index (κ2) is 4.70. The fourth-order valence-electron chi connectivity index (χ4n) is 1.17. The van der Waals surface area contributed by atoms with Crippen molar-refractivity contribution in [3.63, 3.8) is 0 Å². The van der Waals surface area contributed by atoms with Gasteiger partial charge in [0.15, 0.2) is 5.75 Å². The third-order valence-corrected chi connectivity index (χ3v) is 1.84. The van der Waals surface area contributed by atoms with Crippen LogP contribution in [-0.2, 0) is 0 Å². The lowest BCUT2D eigenvalue weighted by Crippen LogP contribution is -2.12. The van der Waals surface area contributed by atoms with Gasteiger partial charge in [-0.15, -0.1) is 0 Å². The van der Waals surface area contributed by atoms with Crippen molar-refractivity contribution in [3.8, 4) is 5.75 Å². The van der Waals surface area contributed by atoms with Crippen molar-refractivity contribution in [2.24, 2.45) is 0 Å². The zero-order valence-corrected chi connectivity index (χ0v) is 8.16. The minimum Gasteiger partial charge on any atom is -0.487 e. The lowest BCUT2D eigenvalue weighted by Gasteiger charge is -2.14. The minimum absolute atomic E-state index is 0.205. The van der Waals surface area contributed by atoms with Crippen molar-refractivity contribution in [3.05, 3.63) is 18.5 Å². The molecule has 1 atom stereocenters. The Kier molecular flexibility index (Phi) is 3.55. The fourth-order valence-corrected chi connectivity index (χ4v) is 1.17. The molecule has 3 nitrogen and oxygen atoms in total. The van der Waals surface area contributed by atoms with Crippen molar-refractivity contribution in [1.82, 2.24) is 4.98 Å². The van der Waals surface area contributed by atoms with E-state index in [0.717, 1.165) is 12.8 Å². The molecule has 0 aliphatic heterocycles. The summed E-state index contributed by atoms with van der Waals surface area (Å²) in [5.41, 5.74) is 6.35. The molecule has 13 heavy (non-hydrogen) atoms. The number of hydrogen-bond donors (Lipinski definition) is 1. The second-order valence-electron chi connectivity index (χ2n) is 3.13. The number of anilines is 1. The molecule has 0 fully saturated rings. The third kappa shape index (κ3) is 2.93. The van der Waals surface area contributed by atoms with E-state index >= 15 is 0 Å². The Morgan fingerprint density at radius 1 is 1.62 bits per heavy atom. The van der Waals surface area contributed by atoms with Crippen molar-refractivity contribution < 1.29 is 4.74 Å². The summed E-state index contributed by atoms with van der Waals surface area (Å²) in [6, 6.07) is 1.74. The van der Waals surface area contributed by atoms with Crippen LogP contribution in [0.4, 0.5) is 5.69 Å². The van der Waals surface area contributed by atoms with E-state index in [1.165, 1.54) is 0 Å². The molecule has 1 aromatic heterocycles. The van der Waals surface area contributed by atoms with E-state index in [2.05, 4.69) is 11.9 Å². The van der Waals surface area contributed by atoms with E-state index in [1.54, 1.807) is 18.5 Å². The molecule has 1 unspecified atom stereocenters. The van der Waals surface area contributed by atoms with E-state index in [0.29, 0.717) is 11.4 Å². The maximum absolute atomic E-state index is 5.70. The summed E-state index contributed by atoms with van der Waals surface area (Å²) in [5, 5.41) is 0. The standard InChI is InChI=1S/C10H16N2O/c1-3-4-8(2)13-10-7-12-6-5-9(10)11/h5-8H,3-4H2,1-2H3,(H2,11,12). The number of aromatic nitrogens is 1. The van der Waals surface area contributed by atoms with E-state index in [4.69, 9.17) is 10.5 Å². The van der Waals surface area contributed by atoms with Crippen molar-refractivity contribution in [2.75, 3.05) is 5.73 Å². The summed E-state index contributed by atoms with van der Waals surface area (Å²) in [6.45, 7) is 4.17. The molecular weight excluding hydrogens is 164 g/mol. The Morgan fingerprint density at radius 3 is 3.00 bits per heavy atom. The maximum Gasteiger partial charge on any atom is 0.160 e. The van der Waals surface area contributed by atoms with Crippen LogP contribution in [0.15, 0.2) is 18.5 Å². The van der Waals surface area contributed by atoms with Crippen molar-refractivity contribution in [1.29, 1.82) is 0 Å². The van der Waals surface area contributed by atoms with Crippen LogP contribution in [0.25, 0.3) is 0 Å². The first-order valence-electron chi connectivity index (χ1n) is 4.60. The number of nitrogen functional groups attached to an aromatic ring is 1. The van der Waals surface area contributed by atoms with E-state index in [9.17, 15) is 0 Å². The molecule has 0 saturated carbocycles. The van der Waals surface area contributed by atoms with Crippen LogP contribution in [-0.4, -0.2) is 11.1 Å². The number of nitrogens with two attached hydrogens (primary N) is 1. The molecule has 2 N–H and O–H groups in total. The molecule has 0 aliphatic rings. The summed E-state index contributed by atoms with van der Waals surface area (Å²) in [5.74, 6) is 0.684. The predicted octanol–water partition coefficient (Wildman–Crippen LogP) is 2.23. The first-order chi connectivity index (χ1) is 6.24. The fraction of sp³-hybridized carbons (Fsp3) is 0.500. The molecule has 0 radical (unpaired) electrons. The van der Waals surface area contributed by atoms with Gasteiger partial charge in [0.1, 0.15) is 0 Å². The third-order valence-electron chi connectivity index (χ3n) is 1.84. The molecule has 0 aromatic carbocycles. The molecule has 1 rings (SSSR count). The molecule has 0 amide bonds. The first kappa shape index (κ1) is 9.84. The smallest absolute Gasteiger partial charge is 0.160 e. The lowest BCUT2D eigenvalue weighted by atomic mass is 10.2. The van der Waals surface area contributed by atoms with Gasteiger partial charge in [-0.3, -0.25) is 4.98 Å². The zero-order valence-electron chi connectivity index (χ0n) is 8.16. The summed E-state index contributed by atoms with van der Waals surface area (Å²) in [6.07, 6.45) is 5.67.